The molecule has 2 rings (SSSR count). The second-order valence-corrected chi connectivity index (χ2v) is 4.18. The van der Waals surface area contributed by atoms with E-state index in [-0.39, 0.29) is 5.56 Å². The van der Waals surface area contributed by atoms with Crippen molar-refractivity contribution in [2.45, 2.75) is 6.92 Å². The molecule has 0 radical (unpaired) electrons. The molecule has 98 valence electrons. The molecular formula is C15H13FO3. The quantitative estimate of drug-likeness (QED) is 0.918. The Hall–Kier alpha value is -2.36. The van der Waals surface area contributed by atoms with E-state index in [2.05, 4.69) is 0 Å². The summed E-state index contributed by atoms with van der Waals surface area (Å²) < 4.78 is 18.6. The fraction of sp³-hybridized carbons (Fsp3) is 0.133. The van der Waals surface area contributed by atoms with Crippen LogP contribution in [0, 0.1) is 12.7 Å². The first kappa shape index (κ1) is 13.1. The van der Waals surface area contributed by atoms with Crippen LogP contribution in [0.3, 0.4) is 0 Å². The first-order valence-electron chi connectivity index (χ1n) is 5.71. The average molecular weight is 260 g/mol. The van der Waals surface area contributed by atoms with Gasteiger partial charge in [0.25, 0.3) is 0 Å². The number of carbonyl (C=O) groups is 1. The maximum atomic E-state index is 13.4. The molecule has 0 aliphatic heterocycles. The molecule has 0 bridgehead atoms. The highest BCUT2D eigenvalue weighted by Crippen LogP contribution is 2.33. The van der Waals surface area contributed by atoms with E-state index >= 15 is 0 Å². The number of hydrogen-bond acceptors (Lipinski definition) is 2. The Morgan fingerprint density at radius 2 is 1.89 bits per heavy atom. The third-order valence-corrected chi connectivity index (χ3v) is 2.94. The van der Waals surface area contributed by atoms with Gasteiger partial charge >= 0.3 is 5.97 Å². The molecule has 4 heteroatoms. The van der Waals surface area contributed by atoms with Crippen LogP contribution in [0.5, 0.6) is 5.75 Å². The van der Waals surface area contributed by atoms with Crippen molar-refractivity contribution in [3.05, 3.63) is 53.3 Å². The van der Waals surface area contributed by atoms with Crippen LogP contribution >= 0.6 is 0 Å². The summed E-state index contributed by atoms with van der Waals surface area (Å²) in [6, 6.07) is 8.91. The van der Waals surface area contributed by atoms with Gasteiger partial charge in [0.15, 0.2) is 0 Å². The molecule has 0 atom stereocenters. The zero-order chi connectivity index (χ0) is 14.0. The second-order valence-electron chi connectivity index (χ2n) is 4.18. The molecule has 19 heavy (non-hydrogen) atoms. The van der Waals surface area contributed by atoms with Crippen molar-refractivity contribution in [2.24, 2.45) is 0 Å². The molecular weight excluding hydrogens is 247 g/mol. The number of methoxy groups -OCH3 is 1. The third kappa shape index (κ3) is 2.57. The minimum Gasteiger partial charge on any atom is -0.496 e. The highest BCUT2D eigenvalue weighted by Gasteiger charge is 2.12. The zero-order valence-corrected chi connectivity index (χ0v) is 10.6. The molecule has 0 aliphatic carbocycles. The van der Waals surface area contributed by atoms with Crippen molar-refractivity contribution in [1.29, 1.82) is 0 Å². The van der Waals surface area contributed by atoms with Crippen LogP contribution in [0.4, 0.5) is 4.39 Å². The standard InChI is InChI=1S/C15H13FO3/c1-9-3-4-10(15(17)18)7-12(9)13-8-11(16)5-6-14(13)19-2/h3-8H,1-2H3,(H,17,18). The average Bonchev–Trinajstić information content (AvgIpc) is 2.39. The lowest BCUT2D eigenvalue weighted by atomic mass is 9.97. The summed E-state index contributed by atoms with van der Waals surface area (Å²) in [5.74, 6) is -0.903. The summed E-state index contributed by atoms with van der Waals surface area (Å²) >= 11 is 0. The van der Waals surface area contributed by atoms with Crippen molar-refractivity contribution >= 4 is 5.97 Å². The Balaban J connectivity index is 2.67. The highest BCUT2D eigenvalue weighted by molar-refractivity contribution is 5.90. The molecule has 0 saturated carbocycles. The van der Waals surface area contributed by atoms with Gasteiger partial charge in [0.1, 0.15) is 11.6 Å². The zero-order valence-electron chi connectivity index (χ0n) is 10.6. The van der Waals surface area contributed by atoms with Gasteiger partial charge in [-0.05, 0) is 48.4 Å². The Morgan fingerprint density at radius 3 is 2.53 bits per heavy atom. The molecule has 0 saturated heterocycles. The van der Waals surface area contributed by atoms with E-state index in [1.54, 1.807) is 6.07 Å². The van der Waals surface area contributed by atoms with Crippen molar-refractivity contribution in [3.63, 3.8) is 0 Å². The molecule has 0 aliphatic rings. The van der Waals surface area contributed by atoms with E-state index in [1.807, 2.05) is 6.92 Å². The molecule has 0 unspecified atom stereocenters. The van der Waals surface area contributed by atoms with E-state index in [9.17, 15) is 9.18 Å². The lowest BCUT2D eigenvalue weighted by Gasteiger charge is -2.12. The SMILES string of the molecule is COc1ccc(F)cc1-c1cc(C(=O)O)ccc1C. The van der Waals surface area contributed by atoms with E-state index in [1.165, 1.54) is 37.4 Å². The number of rotatable bonds is 3. The molecule has 0 heterocycles. The summed E-state index contributed by atoms with van der Waals surface area (Å²) in [5.41, 5.74) is 2.21. The van der Waals surface area contributed by atoms with E-state index in [0.717, 1.165) is 5.56 Å². The Labute approximate surface area is 110 Å². The van der Waals surface area contributed by atoms with Gasteiger partial charge in [-0.3, -0.25) is 0 Å². The van der Waals surface area contributed by atoms with Gasteiger partial charge in [-0.2, -0.15) is 0 Å². The predicted octanol–water partition coefficient (Wildman–Crippen LogP) is 3.51. The van der Waals surface area contributed by atoms with Gasteiger partial charge in [-0.15, -0.1) is 0 Å². The van der Waals surface area contributed by atoms with E-state index in [4.69, 9.17) is 9.84 Å². The van der Waals surface area contributed by atoms with Gasteiger partial charge in [0.05, 0.1) is 12.7 Å². The lowest BCUT2D eigenvalue weighted by molar-refractivity contribution is 0.0697. The molecule has 0 spiro atoms. The number of benzene rings is 2. The molecule has 2 aromatic rings. The number of ether oxygens (including phenoxy) is 1. The van der Waals surface area contributed by atoms with Crippen LogP contribution in [0.15, 0.2) is 36.4 Å². The first-order chi connectivity index (χ1) is 9.02. The third-order valence-electron chi connectivity index (χ3n) is 2.94. The van der Waals surface area contributed by atoms with Crippen LogP contribution in [0.2, 0.25) is 0 Å². The monoisotopic (exact) mass is 260 g/mol. The maximum Gasteiger partial charge on any atom is 0.335 e. The molecule has 0 amide bonds. The minimum absolute atomic E-state index is 0.159. The Kier molecular flexibility index (Phi) is 3.51. The summed E-state index contributed by atoms with van der Waals surface area (Å²) in [6.07, 6.45) is 0. The van der Waals surface area contributed by atoms with Crippen LogP contribution < -0.4 is 4.74 Å². The Bertz CT molecular complexity index is 635. The van der Waals surface area contributed by atoms with Gasteiger partial charge in [-0.25, -0.2) is 9.18 Å². The molecule has 1 N–H and O–H groups in total. The highest BCUT2D eigenvalue weighted by atomic mass is 19.1. The van der Waals surface area contributed by atoms with Crippen molar-refractivity contribution in [1.82, 2.24) is 0 Å². The number of carboxylic acid groups (broad SMARTS) is 1. The number of aryl methyl sites for hydroxylation is 1. The van der Waals surface area contributed by atoms with Crippen LogP contribution in [-0.4, -0.2) is 18.2 Å². The minimum atomic E-state index is -1.02. The summed E-state index contributed by atoms with van der Waals surface area (Å²) in [7, 11) is 1.49. The first-order valence-corrected chi connectivity index (χ1v) is 5.71. The van der Waals surface area contributed by atoms with Crippen molar-refractivity contribution in [3.8, 4) is 16.9 Å². The van der Waals surface area contributed by atoms with Gasteiger partial charge in [0, 0.05) is 5.56 Å². The topological polar surface area (TPSA) is 46.5 Å². The van der Waals surface area contributed by atoms with Crippen molar-refractivity contribution in [2.75, 3.05) is 7.11 Å². The van der Waals surface area contributed by atoms with Crippen LogP contribution in [-0.2, 0) is 0 Å². The molecule has 2 aromatic carbocycles. The largest absolute Gasteiger partial charge is 0.496 e. The fourth-order valence-corrected chi connectivity index (χ4v) is 1.94. The fourth-order valence-electron chi connectivity index (χ4n) is 1.94. The number of carboxylic acids is 1. The smallest absolute Gasteiger partial charge is 0.335 e. The summed E-state index contributed by atoms with van der Waals surface area (Å²) in [6.45, 7) is 1.84. The molecule has 0 fully saturated rings. The van der Waals surface area contributed by atoms with Gasteiger partial charge in [-0.1, -0.05) is 6.07 Å². The van der Waals surface area contributed by atoms with Gasteiger partial charge < -0.3 is 9.84 Å². The van der Waals surface area contributed by atoms with Crippen molar-refractivity contribution < 1.29 is 19.0 Å². The normalized spacial score (nSPS) is 10.3. The molecule has 3 nitrogen and oxygen atoms in total. The number of halogens is 1. The number of hydrogen-bond donors (Lipinski definition) is 1. The summed E-state index contributed by atoms with van der Waals surface area (Å²) in [4.78, 5) is 11.0. The lowest BCUT2D eigenvalue weighted by Crippen LogP contribution is -1.98. The Morgan fingerprint density at radius 1 is 1.16 bits per heavy atom. The van der Waals surface area contributed by atoms with Gasteiger partial charge in [0.2, 0.25) is 0 Å². The number of aromatic carboxylic acids is 1. The van der Waals surface area contributed by atoms with Crippen LogP contribution in [0.1, 0.15) is 15.9 Å². The van der Waals surface area contributed by atoms with E-state index < -0.39 is 11.8 Å². The van der Waals surface area contributed by atoms with E-state index in [0.29, 0.717) is 16.9 Å². The second kappa shape index (κ2) is 5.10. The van der Waals surface area contributed by atoms with Crippen LogP contribution in [0.25, 0.3) is 11.1 Å². The molecule has 0 aromatic heterocycles. The maximum absolute atomic E-state index is 13.4. The summed E-state index contributed by atoms with van der Waals surface area (Å²) in [5, 5.41) is 9.02. The predicted molar refractivity (Wildman–Crippen MR) is 70.1 cm³/mol.